The van der Waals surface area contributed by atoms with Crippen molar-refractivity contribution in [1.29, 1.82) is 0 Å². The average molecular weight is 288 g/mol. The predicted molar refractivity (Wildman–Crippen MR) is 87.1 cm³/mol. The Balaban J connectivity index is 2.27. The van der Waals surface area contributed by atoms with Crippen LogP contribution in [0.15, 0.2) is 33.7 Å². The Morgan fingerprint density at radius 1 is 1.24 bits per heavy atom. The van der Waals surface area contributed by atoms with Crippen LogP contribution in [-0.4, -0.2) is 19.0 Å². The molecule has 1 aromatic carbocycles. The van der Waals surface area contributed by atoms with Crippen molar-refractivity contribution in [2.24, 2.45) is 10.7 Å². The van der Waals surface area contributed by atoms with E-state index in [-0.39, 0.29) is 6.04 Å². The molecule has 0 saturated heterocycles. The summed E-state index contributed by atoms with van der Waals surface area (Å²) in [4.78, 5) is 4.63. The summed E-state index contributed by atoms with van der Waals surface area (Å²) in [6.45, 7) is 4.34. The van der Waals surface area contributed by atoms with Crippen molar-refractivity contribution in [2.45, 2.75) is 45.6 Å². The number of rotatable bonds is 7. The van der Waals surface area contributed by atoms with Gasteiger partial charge in [0.05, 0.1) is 13.2 Å². The summed E-state index contributed by atoms with van der Waals surface area (Å²) >= 11 is 0. The summed E-state index contributed by atoms with van der Waals surface area (Å²) < 4.78 is 11.0. The van der Waals surface area contributed by atoms with Crippen molar-refractivity contribution in [3.05, 3.63) is 30.0 Å². The molecule has 1 heterocycles. The van der Waals surface area contributed by atoms with Crippen molar-refractivity contribution in [2.75, 3.05) is 7.11 Å². The highest BCUT2D eigenvalue weighted by Crippen LogP contribution is 2.24. The molecular weight excluding hydrogens is 264 g/mol. The number of nitrogens with two attached hydrogens (primary N) is 1. The quantitative estimate of drug-likeness (QED) is 0.616. The fourth-order valence-corrected chi connectivity index (χ4v) is 2.47. The van der Waals surface area contributed by atoms with Crippen LogP contribution in [0.25, 0.3) is 11.0 Å². The van der Waals surface area contributed by atoms with Gasteiger partial charge in [-0.15, -0.1) is 0 Å². The molecule has 0 bridgehead atoms. The Morgan fingerprint density at radius 3 is 2.57 bits per heavy atom. The maximum Gasteiger partial charge on any atom is 0.169 e. The smallest absolute Gasteiger partial charge is 0.169 e. The summed E-state index contributed by atoms with van der Waals surface area (Å²) in [5.41, 5.74) is 6.91. The molecule has 1 aromatic heterocycles. The van der Waals surface area contributed by atoms with Gasteiger partial charge in [-0.2, -0.15) is 0 Å². The van der Waals surface area contributed by atoms with Gasteiger partial charge in [0.25, 0.3) is 0 Å². The second-order valence-electron chi connectivity index (χ2n) is 5.26. The van der Waals surface area contributed by atoms with E-state index in [0.29, 0.717) is 11.6 Å². The summed E-state index contributed by atoms with van der Waals surface area (Å²) in [5, 5.41) is 0.977. The van der Waals surface area contributed by atoms with E-state index >= 15 is 0 Å². The molecule has 0 fully saturated rings. The lowest BCUT2D eigenvalue weighted by Gasteiger charge is -2.10. The van der Waals surface area contributed by atoms with Crippen LogP contribution in [-0.2, 0) is 0 Å². The van der Waals surface area contributed by atoms with Crippen molar-refractivity contribution in [1.82, 2.24) is 0 Å². The first-order chi connectivity index (χ1) is 10.2. The van der Waals surface area contributed by atoms with Gasteiger partial charge < -0.3 is 14.9 Å². The van der Waals surface area contributed by atoms with Gasteiger partial charge in [0, 0.05) is 5.39 Å². The third kappa shape index (κ3) is 3.78. The van der Waals surface area contributed by atoms with Gasteiger partial charge >= 0.3 is 0 Å². The van der Waals surface area contributed by atoms with Crippen LogP contribution in [0, 0.1) is 0 Å². The Labute approximate surface area is 126 Å². The zero-order chi connectivity index (χ0) is 15.2. The molecule has 0 saturated carbocycles. The lowest BCUT2D eigenvalue weighted by atomic mass is 10.1. The first-order valence-electron chi connectivity index (χ1n) is 7.59. The van der Waals surface area contributed by atoms with Crippen LogP contribution in [0.1, 0.15) is 45.3 Å². The minimum atomic E-state index is 0.280. The Morgan fingerprint density at radius 2 is 1.95 bits per heavy atom. The third-order valence-electron chi connectivity index (χ3n) is 3.54. The van der Waals surface area contributed by atoms with Crippen LogP contribution >= 0.6 is 0 Å². The van der Waals surface area contributed by atoms with E-state index in [4.69, 9.17) is 14.9 Å². The summed E-state index contributed by atoms with van der Waals surface area (Å²) in [6, 6.07) is 7.90. The van der Waals surface area contributed by atoms with E-state index < -0.39 is 0 Å². The lowest BCUT2D eigenvalue weighted by molar-refractivity contribution is 0.415. The van der Waals surface area contributed by atoms with Crippen molar-refractivity contribution in [3.8, 4) is 5.75 Å². The van der Waals surface area contributed by atoms with Crippen LogP contribution < -0.4 is 10.5 Å². The number of methoxy groups -OCH3 is 1. The lowest BCUT2D eigenvalue weighted by Crippen LogP contribution is -2.17. The van der Waals surface area contributed by atoms with Crippen molar-refractivity contribution >= 4 is 16.8 Å². The molecule has 0 aliphatic carbocycles. The maximum atomic E-state index is 6.12. The van der Waals surface area contributed by atoms with Crippen LogP contribution in [0.5, 0.6) is 5.75 Å². The number of fused-ring (bicyclic) bond motifs is 1. The summed E-state index contributed by atoms with van der Waals surface area (Å²) in [6.07, 6.45) is 4.34. The van der Waals surface area contributed by atoms with Gasteiger partial charge in [-0.3, -0.25) is 4.99 Å². The van der Waals surface area contributed by atoms with Gasteiger partial charge in [-0.05, 0) is 37.1 Å². The predicted octanol–water partition coefficient (Wildman–Crippen LogP) is 4.12. The molecule has 0 spiro atoms. The molecule has 0 unspecified atom stereocenters. The monoisotopic (exact) mass is 288 g/mol. The summed E-state index contributed by atoms with van der Waals surface area (Å²) in [5.74, 6) is 1.92. The van der Waals surface area contributed by atoms with E-state index in [1.54, 1.807) is 7.11 Å². The van der Waals surface area contributed by atoms with E-state index in [1.165, 1.54) is 0 Å². The summed E-state index contributed by atoms with van der Waals surface area (Å²) in [7, 11) is 1.65. The van der Waals surface area contributed by atoms with Crippen molar-refractivity contribution < 1.29 is 9.15 Å². The highest BCUT2D eigenvalue weighted by atomic mass is 16.5. The Hall–Kier alpha value is -1.97. The van der Waals surface area contributed by atoms with Gasteiger partial charge in [-0.1, -0.05) is 26.7 Å². The fourth-order valence-electron chi connectivity index (χ4n) is 2.47. The molecule has 0 aliphatic heterocycles. The molecule has 4 nitrogen and oxygen atoms in total. The number of hydrogen-bond acceptors (Lipinski definition) is 3. The zero-order valence-corrected chi connectivity index (χ0v) is 13.1. The first kappa shape index (κ1) is 15.4. The number of nitrogens with zero attached hydrogens (tertiary/aromatic N) is 1. The minimum Gasteiger partial charge on any atom is -0.497 e. The number of amidine groups is 1. The Kier molecular flexibility index (Phi) is 5.26. The van der Waals surface area contributed by atoms with E-state index in [0.717, 1.165) is 42.4 Å². The number of aliphatic imine (C=N–C) groups is 1. The molecule has 0 aliphatic rings. The SMILES string of the molecule is CCCC(CCC)N=C(N)c1cc2cc(OC)ccc2o1. The molecule has 114 valence electrons. The standard InChI is InChI=1S/C17H24N2O2/c1-4-6-13(7-5-2)19-17(18)16-11-12-10-14(20-3)8-9-15(12)21-16/h8-11,13H,4-7H2,1-3H3,(H2,18,19). The maximum absolute atomic E-state index is 6.12. The highest BCUT2D eigenvalue weighted by molar-refractivity contribution is 5.99. The number of hydrogen-bond donors (Lipinski definition) is 1. The molecule has 2 N–H and O–H groups in total. The average Bonchev–Trinajstić information content (AvgIpc) is 2.90. The molecule has 21 heavy (non-hydrogen) atoms. The largest absolute Gasteiger partial charge is 0.497 e. The topological polar surface area (TPSA) is 60.8 Å². The second-order valence-corrected chi connectivity index (χ2v) is 5.26. The first-order valence-corrected chi connectivity index (χ1v) is 7.59. The molecule has 2 rings (SSSR count). The molecule has 0 radical (unpaired) electrons. The molecule has 4 heteroatoms. The molecule has 0 atom stereocenters. The zero-order valence-electron chi connectivity index (χ0n) is 13.1. The number of ether oxygens (including phenoxy) is 1. The van der Waals surface area contributed by atoms with Gasteiger partial charge in [-0.25, -0.2) is 0 Å². The van der Waals surface area contributed by atoms with E-state index in [9.17, 15) is 0 Å². The van der Waals surface area contributed by atoms with Gasteiger partial charge in [0.15, 0.2) is 11.6 Å². The van der Waals surface area contributed by atoms with Crippen LogP contribution in [0.3, 0.4) is 0 Å². The highest BCUT2D eigenvalue weighted by Gasteiger charge is 2.11. The normalized spacial score (nSPS) is 12.3. The minimum absolute atomic E-state index is 0.280. The van der Waals surface area contributed by atoms with Crippen LogP contribution in [0.4, 0.5) is 0 Å². The molecular formula is C17H24N2O2. The number of benzene rings is 1. The van der Waals surface area contributed by atoms with Crippen LogP contribution in [0.2, 0.25) is 0 Å². The van der Waals surface area contributed by atoms with E-state index in [2.05, 4.69) is 18.8 Å². The van der Waals surface area contributed by atoms with Gasteiger partial charge in [0.2, 0.25) is 0 Å². The third-order valence-corrected chi connectivity index (χ3v) is 3.54. The Bertz CT molecular complexity index is 610. The molecule has 0 amide bonds. The number of furan rings is 1. The fraction of sp³-hybridized carbons (Fsp3) is 0.471. The van der Waals surface area contributed by atoms with Gasteiger partial charge in [0.1, 0.15) is 11.3 Å². The second kappa shape index (κ2) is 7.16. The van der Waals surface area contributed by atoms with E-state index in [1.807, 2.05) is 24.3 Å². The van der Waals surface area contributed by atoms with Crippen molar-refractivity contribution in [3.63, 3.8) is 0 Å². The molecule has 2 aromatic rings.